The summed E-state index contributed by atoms with van der Waals surface area (Å²) in [5.74, 6) is 0.212. The van der Waals surface area contributed by atoms with Gasteiger partial charge >= 0.3 is 6.18 Å². The van der Waals surface area contributed by atoms with Crippen molar-refractivity contribution in [2.75, 3.05) is 13.1 Å². The van der Waals surface area contributed by atoms with Crippen molar-refractivity contribution in [3.8, 4) is 0 Å². The van der Waals surface area contributed by atoms with E-state index in [4.69, 9.17) is 17.3 Å². The molecule has 0 amide bonds. The van der Waals surface area contributed by atoms with Crippen molar-refractivity contribution < 1.29 is 13.2 Å². The fourth-order valence-corrected chi connectivity index (χ4v) is 2.67. The zero-order valence-electron chi connectivity index (χ0n) is 10.7. The van der Waals surface area contributed by atoms with Crippen molar-refractivity contribution in [1.82, 2.24) is 5.32 Å². The SMILES string of the molecule is Cl.N[C@@H](c1ccc(Cl)c(C(F)(F)F)c1)C1CCNCC1. The van der Waals surface area contributed by atoms with E-state index in [0.29, 0.717) is 5.56 Å². The van der Waals surface area contributed by atoms with Crippen LogP contribution in [0.2, 0.25) is 5.02 Å². The molecular formula is C13H17Cl2F3N2. The summed E-state index contributed by atoms with van der Waals surface area (Å²) < 4.78 is 38.4. The maximum Gasteiger partial charge on any atom is 0.417 e. The molecule has 2 rings (SSSR count). The second kappa shape index (κ2) is 6.98. The topological polar surface area (TPSA) is 38.0 Å². The molecule has 1 aromatic rings. The zero-order valence-corrected chi connectivity index (χ0v) is 12.3. The Kier molecular flexibility index (Phi) is 6.13. The predicted octanol–water partition coefficient (Wildman–Crippen LogP) is 3.78. The first-order chi connectivity index (χ1) is 8.89. The molecule has 1 fully saturated rings. The number of rotatable bonds is 2. The van der Waals surface area contributed by atoms with Crippen LogP contribution in [0.15, 0.2) is 18.2 Å². The fraction of sp³-hybridized carbons (Fsp3) is 0.538. The number of benzene rings is 1. The third-order valence-corrected chi connectivity index (χ3v) is 3.90. The summed E-state index contributed by atoms with van der Waals surface area (Å²) in [6, 6.07) is 3.57. The highest BCUT2D eigenvalue weighted by Gasteiger charge is 2.34. The number of alkyl halides is 3. The van der Waals surface area contributed by atoms with E-state index in [1.54, 1.807) is 6.07 Å². The normalized spacial score (nSPS) is 18.4. The number of halogens is 5. The highest BCUT2D eigenvalue weighted by molar-refractivity contribution is 6.31. The molecule has 0 spiro atoms. The molecule has 1 aromatic carbocycles. The Hall–Kier alpha value is -0.490. The van der Waals surface area contributed by atoms with Gasteiger partial charge in [-0.2, -0.15) is 13.2 Å². The molecule has 3 N–H and O–H groups in total. The van der Waals surface area contributed by atoms with Crippen LogP contribution >= 0.6 is 24.0 Å². The molecule has 0 saturated carbocycles. The molecule has 1 aliphatic heterocycles. The summed E-state index contributed by atoms with van der Waals surface area (Å²) in [7, 11) is 0. The molecule has 0 aromatic heterocycles. The van der Waals surface area contributed by atoms with Gasteiger partial charge in [0, 0.05) is 6.04 Å². The lowest BCUT2D eigenvalue weighted by atomic mass is 9.86. The standard InChI is InChI=1S/C13H16ClF3N2.ClH/c14-11-2-1-9(7-10(11)13(15,16)17)12(18)8-3-5-19-6-4-8;/h1-2,7-8,12,19H,3-6,18H2;1H/t12-;/m1./s1. The van der Waals surface area contributed by atoms with E-state index in [0.717, 1.165) is 32.0 Å². The number of nitrogens with one attached hydrogen (secondary N) is 1. The molecule has 0 bridgehead atoms. The molecule has 0 unspecified atom stereocenters. The van der Waals surface area contributed by atoms with E-state index in [-0.39, 0.29) is 29.4 Å². The summed E-state index contributed by atoms with van der Waals surface area (Å²) in [6.07, 6.45) is -2.68. The Morgan fingerprint density at radius 1 is 1.25 bits per heavy atom. The van der Waals surface area contributed by atoms with Crippen molar-refractivity contribution in [3.05, 3.63) is 34.3 Å². The van der Waals surface area contributed by atoms with Gasteiger partial charge in [0.25, 0.3) is 0 Å². The van der Waals surface area contributed by atoms with Crippen LogP contribution in [0.1, 0.15) is 30.0 Å². The Bertz CT molecular complexity index is 446. The second-order valence-corrected chi connectivity index (χ2v) is 5.26. The van der Waals surface area contributed by atoms with Gasteiger partial charge < -0.3 is 11.1 Å². The average molecular weight is 329 g/mol. The second-order valence-electron chi connectivity index (χ2n) is 4.85. The summed E-state index contributed by atoms with van der Waals surface area (Å²) in [6.45, 7) is 1.72. The lowest BCUT2D eigenvalue weighted by Crippen LogP contribution is -2.33. The van der Waals surface area contributed by atoms with Crippen molar-refractivity contribution >= 4 is 24.0 Å². The maximum absolute atomic E-state index is 12.8. The summed E-state index contributed by atoms with van der Waals surface area (Å²) in [5.41, 5.74) is 5.79. The minimum Gasteiger partial charge on any atom is -0.324 e. The molecule has 1 atom stereocenters. The first kappa shape index (κ1) is 17.6. The number of piperidine rings is 1. The highest BCUT2D eigenvalue weighted by Crippen LogP contribution is 2.37. The lowest BCUT2D eigenvalue weighted by Gasteiger charge is -2.28. The van der Waals surface area contributed by atoms with E-state index in [1.165, 1.54) is 6.07 Å². The first-order valence-corrected chi connectivity index (χ1v) is 6.60. The average Bonchev–Trinajstić information content (AvgIpc) is 2.38. The fourth-order valence-electron chi connectivity index (χ4n) is 2.44. The molecule has 114 valence electrons. The van der Waals surface area contributed by atoms with Crippen LogP contribution in [0.3, 0.4) is 0 Å². The highest BCUT2D eigenvalue weighted by atomic mass is 35.5. The smallest absolute Gasteiger partial charge is 0.324 e. The molecule has 7 heteroatoms. The molecule has 20 heavy (non-hydrogen) atoms. The van der Waals surface area contributed by atoms with Gasteiger partial charge in [0.1, 0.15) is 0 Å². The Labute approximate surface area is 127 Å². The van der Waals surface area contributed by atoms with Gasteiger partial charge in [-0.15, -0.1) is 12.4 Å². The van der Waals surface area contributed by atoms with Crippen LogP contribution in [0.5, 0.6) is 0 Å². The van der Waals surface area contributed by atoms with Crippen LogP contribution in [0.25, 0.3) is 0 Å². The molecule has 1 saturated heterocycles. The Balaban J connectivity index is 0.00000200. The van der Waals surface area contributed by atoms with Crippen molar-refractivity contribution in [1.29, 1.82) is 0 Å². The molecule has 2 nitrogen and oxygen atoms in total. The van der Waals surface area contributed by atoms with Crippen LogP contribution in [0, 0.1) is 5.92 Å². The Morgan fingerprint density at radius 2 is 1.85 bits per heavy atom. The summed E-state index contributed by atoms with van der Waals surface area (Å²) in [4.78, 5) is 0. The van der Waals surface area contributed by atoms with Gasteiger partial charge in [0.15, 0.2) is 0 Å². The van der Waals surface area contributed by atoms with E-state index < -0.39 is 11.7 Å². The first-order valence-electron chi connectivity index (χ1n) is 6.22. The minimum atomic E-state index is -4.44. The number of nitrogens with two attached hydrogens (primary N) is 1. The summed E-state index contributed by atoms with van der Waals surface area (Å²) in [5, 5.41) is 2.93. The van der Waals surface area contributed by atoms with Crippen LogP contribution in [0.4, 0.5) is 13.2 Å². The van der Waals surface area contributed by atoms with Gasteiger partial charge in [-0.3, -0.25) is 0 Å². The van der Waals surface area contributed by atoms with Crippen LogP contribution in [-0.4, -0.2) is 13.1 Å². The van der Waals surface area contributed by atoms with E-state index in [9.17, 15) is 13.2 Å². The quantitative estimate of drug-likeness (QED) is 0.867. The van der Waals surface area contributed by atoms with Crippen LogP contribution in [-0.2, 0) is 6.18 Å². The van der Waals surface area contributed by atoms with Crippen molar-refractivity contribution in [2.24, 2.45) is 11.7 Å². The molecule has 0 aliphatic carbocycles. The molecule has 1 aliphatic rings. The zero-order chi connectivity index (χ0) is 14.0. The molecular weight excluding hydrogens is 312 g/mol. The van der Waals surface area contributed by atoms with E-state index in [2.05, 4.69) is 5.32 Å². The molecule has 1 heterocycles. The molecule has 0 radical (unpaired) electrons. The minimum absolute atomic E-state index is 0. The van der Waals surface area contributed by atoms with Gasteiger partial charge in [-0.25, -0.2) is 0 Å². The van der Waals surface area contributed by atoms with E-state index in [1.807, 2.05) is 0 Å². The third kappa shape index (κ3) is 4.01. The van der Waals surface area contributed by atoms with Gasteiger partial charge in [-0.1, -0.05) is 17.7 Å². The van der Waals surface area contributed by atoms with Crippen LogP contribution < -0.4 is 11.1 Å². The Morgan fingerprint density at radius 3 is 2.40 bits per heavy atom. The number of hydrogen-bond donors (Lipinski definition) is 2. The summed E-state index contributed by atoms with van der Waals surface area (Å²) >= 11 is 5.60. The van der Waals surface area contributed by atoms with Crippen molar-refractivity contribution in [3.63, 3.8) is 0 Å². The van der Waals surface area contributed by atoms with E-state index >= 15 is 0 Å². The van der Waals surface area contributed by atoms with Gasteiger partial charge in [0.2, 0.25) is 0 Å². The van der Waals surface area contributed by atoms with Gasteiger partial charge in [0.05, 0.1) is 10.6 Å². The van der Waals surface area contributed by atoms with Gasteiger partial charge in [-0.05, 0) is 49.5 Å². The number of hydrogen-bond acceptors (Lipinski definition) is 2. The van der Waals surface area contributed by atoms with Crippen molar-refractivity contribution in [2.45, 2.75) is 25.1 Å². The monoisotopic (exact) mass is 328 g/mol. The maximum atomic E-state index is 12.8. The predicted molar refractivity (Wildman–Crippen MR) is 76.2 cm³/mol. The lowest BCUT2D eigenvalue weighted by molar-refractivity contribution is -0.137. The third-order valence-electron chi connectivity index (χ3n) is 3.57. The largest absolute Gasteiger partial charge is 0.417 e.